The maximum Gasteiger partial charge on any atom is 0.191 e. The van der Waals surface area contributed by atoms with Gasteiger partial charge in [-0.05, 0) is 30.2 Å². The van der Waals surface area contributed by atoms with Gasteiger partial charge >= 0.3 is 0 Å². The first kappa shape index (κ1) is 19.5. The number of methoxy groups -OCH3 is 1. The lowest BCUT2D eigenvalue weighted by Gasteiger charge is -2.13. The van der Waals surface area contributed by atoms with Crippen molar-refractivity contribution in [2.24, 2.45) is 4.99 Å². The van der Waals surface area contributed by atoms with Crippen LogP contribution in [-0.2, 0) is 19.6 Å². The third kappa shape index (κ3) is 5.61. The van der Waals surface area contributed by atoms with E-state index in [2.05, 4.69) is 56.4 Å². The van der Waals surface area contributed by atoms with Gasteiger partial charge in [0.15, 0.2) is 5.96 Å². The molecule has 0 spiro atoms. The molecule has 0 aliphatic carbocycles. The summed E-state index contributed by atoms with van der Waals surface area (Å²) in [7, 11) is 1.67. The van der Waals surface area contributed by atoms with Crippen molar-refractivity contribution in [2.45, 2.75) is 26.6 Å². The number of ether oxygens (including phenoxy) is 1. The predicted molar refractivity (Wildman–Crippen MR) is 112 cm³/mol. The molecule has 0 radical (unpaired) electrons. The highest BCUT2D eigenvalue weighted by Crippen LogP contribution is 2.12. The summed E-state index contributed by atoms with van der Waals surface area (Å²) >= 11 is 0. The van der Waals surface area contributed by atoms with Crippen molar-refractivity contribution in [3.8, 4) is 5.75 Å². The summed E-state index contributed by atoms with van der Waals surface area (Å²) in [6, 6.07) is 18.3. The average molecular weight is 377 g/mol. The lowest BCUT2D eigenvalue weighted by Crippen LogP contribution is -2.37. The summed E-state index contributed by atoms with van der Waals surface area (Å²) < 4.78 is 7.35. The molecule has 0 aliphatic heterocycles. The molecule has 0 bridgehead atoms. The molecule has 1 aromatic heterocycles. The summed E-state index contributed by atoms with van der Waals surface area (Å²) in [5, 5.41) is 6.66. The predicted octanol–water partition coefficient (Wildman–Crippen LogP) is 3.20. The van der Waals surface area contributed by atoms with Crippen molar-refractivity contribution in [3.63, 3.8) is 0 Å². The standard InChI is InChI=1S/C22H27N5O/c1-3-23-22(25-15-18-9-11-20(28-2)12-10-18)26-16-21-24-13-14-27(21)17-19-7-5-4-6-8-19/h4-14H,3,15-17H2,1-2H3,(H2,23,25,26). The highest BCUT2D eigenvalue weighted by molar-refractivity contribution is 5.79. The Morgan fingerprint density at radius 3 is 2.54 bits per heavy atom. The lowest BCUT2D eigenvalue weighted by molar-refractivity contribution is 0.414. The first-order chi connectivity index (χ1) is 13.8. The van der Waals surface area contributed by atoms with Gasteiger partial charge < -0.3 is 19.9 Å². The van der Waals surface area contributed by atoms with Gasteiger partial charge in [0.05, 0.1) is 20.2 Å². The van der Waals surface area contributed by atoms with E-state index >= 15 is 0 Å². The summed E-state index contributed by atoms with van der Waals surface area (Å²) in [6.07, 6.45) is 3.84. The van der Waals surface area contributed by atoms with Crippen LogP contribution in [0.25, 0.3) is 0 Å². The van der Waals surface area contributed by atoms with E-state index in [-0.39, 0.29) is 0 Å². The Morgan fingerprint density at radius 1 is 1.04 bits per heavy atom. The van der Waals surface area contributed by atoms with E-state index in [1.807, 2.05) is 42.7 Å². The maximum atomic E-state index is 5.20. The number of hydrogen-bond acceptors (Lipinski definition) is 3. The van der Waals surface area contributed by atoms with E-state index in [1.165, 1.54) is 5.56 Å². The number of aliphatic imine (C=N–C) groups is 1. The Bertz CT molecular complexity index is 871. The first-order valence-corrected chi connectivity index (χ1v) is 9.47. The second kappa shape index (κ2) is 10.2. The molecule has 0 aliphatic rings. The molecule has 6 heteroatoms. The van der Waals surface area contributed by atoms with Crippen LogP contribution >= 0.6 is 0 Å². The number of nitrogens with zero attached hydrogens (tertiary/aromatic N) is 3. The van der Waals surface area contributed by atoms with E-state index in [0.29, 0.717) is 13.1 Å². The van der Waals surface area contributed by atoms with Gasteiger partial charge in [-0.25, -0.2) is 9.98 Å². The fourth-order valence-electron chi connectivity index (χ4n) is 2.84. The van der Waals surface area contributed by atoms with Gasteiger partial charge in [0.25, 0.3) is 0 Å². The molecule has 3 rings (SSSR count). The van der Waals surface area contributed by atoms with Crippen molar-refractivity contribution in [3.05, 3.63) is 83.9 Å². The van der Waals surface area contributed by atoms with E-state index in [9.17, 15) is 0 Å². The number of benzene rings is 2. The molecule has 0 saturated heterocycles. The Kier molecular flexibility index (Phi) is 7.07. The van der Waals surface area contributed by atoms with E-state index in [0.717, 1.165) is 36.2 Å². The fraction of sp³-hybridized carbons (Fsp3) is 0.273. The van der Waals surface area contributed by atoms with Crippen LogP contribution in [0.1, 0.15) is 23.9 Å². The minimum Gasteiger partial charge on any atom is -0.497 e. The fourth-order valence-corrected chi connectivity index (χ4v) is 2.84. The number of rotatable bonds is 8. The number of nitrogens with one attached hydrogen (secondary N) is 2. The molecular formula is C22H27N5O. The molecule has 0 atom stereocenters. The second-order valence-corrected chi connectivity index (χ2v) is 6.35. The quantitative estimate of drug-likeness (QED) is 0.467. The zero-order valence-corrected chi connectivity index (χ0v) is 16.4. The number of aromatic nitrogens is 2. The Balaban J connectivity index is 1.61. The highest BCUT2D eigenvalue weighted by atomic mass is 16.5. The summed E-state index contributed by atoms with van der Waals surface area (Å²) in [5.74, 6) is 2.59. The SMILES string of the molecule is CCNC(=NCc1ccc(OC)cc1)NCc1nccn1Cc1ccccc1. The zero-order chi connectivity index (χ0) is 19.6. The Hall–Kier alpha value is -3.28. The number of hydrogen-bond donors (Lipinski definition) is 2. The van der Waals surface area contributed by atoms with Crippen molar-refractivity contribution in [2.75, 3.05) is 13.7 Å². The van der Waals surface area contributed by atoms with E-state index < -0.39 is 0 Å². The molecule has 2 N–H and O–H groups in total. The van der Waals surface area contributed by atoms with Gasteiger partial charge in [-0.2, -0.15) is 0 Å². The normalized spacial score (nSPS) is 11.3. The van der Waals surface area contributed by atoms with Crippen molar-refractivity contribution in [1.29, 1.82) is 0 Å². The third-order valence-electron chi connectivity index (χ3n) is 4.33. The Labute approximate surface area is 166 Å². The third-order valence-corrected chi connectivity index (χ3v) is 4.33. The van der Waals surface area contributed by atoms with Crippen LogP contribution in [0.3, 0.4) is 0 Å². The summed E-state index contributed by atoms with van der Waals surface area (Å²) in [4.78, 5) is 9.15. The van der Waals surface area contributed by atoms with Crippen molar-refractivity contribution in [1.82, 2.24) is 20.2 Å². The van der Waals surface area contributed by atoms with Gasteiger partial charge in [-0.1, -0.05) is 42.5 Å². The molecule has 1 heterocycles. The van der Waals surface area contributed by atoms with Crippen LogP contribution in [0.5, 0.6) is 5.75 Å². The minimum atomic E-state index is 0.595. The molecule has 0 fully saturated rings. The van der Waals surface area contributed by atoms with E-state index in [4.69, 9.17) is 4.74 Å². The molecule has 146 valence electrons. The molecule has 3 aromatic rings. The van der Waals surface area contributed by atoms with Gasteiger partial charge in [0.1, 0.15) is 11.6 Å². The molecule has 2 aromatic carbocycles. The monoisotopic (exact) mass is 377 g/mol. The largest absolute Gasteiger partial charge is 0.497 e. The number of imidazole rings is 1. The lowest BCUT2D eigenvalue weighted by atomic mass is 10.2. The van der Waals surface area contributed by atoms with Crippen LogP contribution in [0.2, 0.25) is 0 Å². The molecule has 0 amide bonds. The summed E-state index contributed by atoms with van der Waals surface area (Å²) in [6.45, 7) is 4.86. The first-order valence-electron chi connectivity index (χ1n) is 9.47. The van der Waals surface area contributed by atoms with Gasteiger partial charge in [-0.15, -0.1) is 0 Å². The van der Waals surface area contributed by atoms with Crippen LogP contribution in [-0.4, -0.2) is 29.2 Å². The van der Waals surface area contributed by atoms with Crippen molar-refractivity contribution >= 4 is 5.96 Å². The van der Waals surface area contributed by atoms with Crippen LogP contribution in [0.4, 0.5) is 0 Å². The zero-order valence-electron chi connectivity index (χ0n) is 16.4. The second-order valence-electron chi connectivity index (χ2n) is 6.35. The van der Waals surface area contributed by atoms with Crippen LogP contribution < -0.4 is 15.4 Å². The number of guanidine groups is 1. The van der Waals surface area contributed by atoms with Gasteiger partial charge in [-0.3, -0.25) is 0 Å². The molecular weight excluding hydrogens is 350 g/mol. The van der Waals surface area contributed by atoms with Crippen LogP contribution in [0.15, 0.2) is 72.0 Å². The highest BCUT2D eigenvalue weighted by Gasteiger charge is 2.05. The summed E-state index contributed by atoms with van der Waals surface area (Å²) in [5.41, 5.74) is 2.38. The Morgan fingerprint density at radius 2 is 1.82 bits per heavy atom. The van der Waals surface area contributed by atoms with Gasteiger partial charge in [0.2, 0.25) is 0 Å². The molecule has 0 unspecified atom stereocenters. The molecule has 0 saturated carbocycles. The minimum absolute atomic E-state index is 0.595. The molecule has 28 heavy (non-hydrogen) atoms. The van der Waals surface area contributed by atoms with Crippen LogP contribution in [0, 0.1) is 0 Å². The van der Waals surface area contributed by atoms with Gasteiger partial charge in [0, 0.05) is 25.5 Å². The van der Waals surface area contributed by atoms with E-state index in [1.54, 1.807) is 7.11 Å². The average Bonchev–Trinajstić information content (AvgIpc) is 3.18. The molecule has 6 nitrogen and oxygen atoms in total. The van der Waals surface area contributed by atoms with Crippen molar-refractivity contribution < 1.29 is 4.74 Å². The topological polar surface area (TPSA) is 63.5 Å². The maximum absolute atomic E-state index is 5.20. The smallest absolute Gasteiger partial charge is 0.191 e.